The van der Waals surface area contributed by atoms with Gasteiger partial charge in [0.25, 0.3) is 0 Å². The largest absolute Gasteiger partial charge is 0.496 e. The van der Waals surface area contributed by atoms with Gasteiger partial charge >= 0.3 is 0 Å². The van der Waals surface area contributed by atoms with Gasteiger partial charge in [-0.3, -0.25) is 0 Å². The molecule has 2 nitrogen and oxygen atoms in total. The van der Waals surface area contributed by atoms with E-state index in [2.05, 4.69) is 35.9 Å². The van der Waals surface area contributed by atoms with E-state index in [1.54, 1.807) is 7.11 Å². The molecule has 0 bridgehead atoms. The fourth-order valence-corrected chi connectivity index (χ4v) is 1.79. The molecule has 0 fully saturated rings. The van der Waals surface area contributed by atoms with Gasteiger partial charge in [-0.1, -0.05) is 12.1 Å². The van der Waals surface area contributed by atoms with Crippen molar-refractivity contribution in [3.8, 4) is 17.0 Å². The third-order valence-electron chi connectivity index (χ3n) is 2.55. The summed E-state index contributed by atoms with van der Waals surface area (Å²) in [6.45, 7) is 3.11. The molecular formula is C13H15NO. The number of para-hydroxylation sites is 1. The van der Waals surface area contributed by atoms with Crippen LogP contribution in [0.15, 0.2) is 42.6 Å². The molecular weight excluding hydrogens is 186 g/mol. The first-order valence-electron chi connectivity index (χ1n) is 5.15. The van der Waals surface area contributed by atoms with Crippen LogP contribution < -0.4 is 4.74 Å². The number of hydrogen-bond donors (Lipinski definition) is 0. The van der Waals surface area contributed by atoms with Crippen LogP contribution in [0.2, 0.25) is 0 Å². The van der Waals surface area contributed by atoms with Gasteiger partial charge < -0.3 is 9.30 Å². The maximum absolute atomic E-state index is 5.36. The average molecular weight is 201 g/mol. The lowest BCUT2D eigenvalue weighted by Crippen LogP contribution is -1.96. The lowest BCUT2D eigenvalue weighted by Gasteiger charge is -2.10. The van der Waals surface area contributed by atoms with Crippen LogP contribution in [0.3, 0.4) is 0 Å². The number of methoxy groups -OCH3 is 1. The van der Waals surface area contributed by atoms with Crippen molar-refractivity contribution >= 4 is 0 Å². The van der Waals surface area contributed by atoms with Crippen LogP contribution in [-0.2, 0) is 6.54 Å². The first-order chi connectivity index (χ1) is 7.36. The molecule has 0 aliphatic carbocycles. The van der Waals surface area contributed by atoms with Crippen LogP contribution in [-0.4, -0.2) is 11.7 Å². The fourth-order valence-electron chi connectivity index (χ4n) is 1.79. The van der Waals surface area contributed by atoms with E-state index < -0.39 is 0 Å². The van der Waals surface area contributed by atoms with Crippen LogP contribution in [0, 0.1) is 0 Å². The highest BCUT2D eigenvalue weighted by Gasteiger charge is 2.07. The molecule has 0 amide bonds. The average Bonchev–Trinajstić information content (AvgIpc) is 2.76. The number of ether oxygens (including phenoxy) is 1. The summed E-state index contributed by atoms with van der Waals surface area (Å²) < 4.78 is 7.56. The molecule has 0 saturated carbocycles. The van der Waals surface area contributed by atoms with Gasteiger partial charge in [0.1, 0.15) is 5.75 Å². The van der Waals surface area contributed by atoms with Gasteiger partial charge in [0.2, 0.25) is 0 Å². The molecule has 0 saturated heterocycles. The summed E-state index contributed by atoms with van der Waals surface area (Å²) in [5, 5.41) is 0. The molecule has 0 N–H and O–H groups in total. The standard InChI is InChI=1S/C13H15NO/c1-3-14-10-6-8-12(14)11-7-4-5-9-13(11)15-2/h4-10H,3H2,1-2H3. The van der Waals surface area contributed by atoms with Gasteiger partial charge in [-0.15, -0.1) is 0 Å². The number of aromatic nitrogens is 1. The smallest absolute Gasteiger partial charge is 0.128 e. The molecule has 0 spiro atoms. The summed E-state index contributed by atoms with van der Waals surface area (Å²) in [7, 11) is 1.71. The molecule has 1 aromatic carbocycles. The lowest BCUT2D eigenvalue weighted by molar-refractivity contribution is 0.416. The third-order valence-corrected chi connectivity index (χ3v) is 2.55. The Hall–Kier alpha value is -1.70. The summed E-state index contributed by atoms with van der Waals surface area (Å²) >= 11 is 0. The summed E-state index contributed by atoms with van der Waals surface area (Å²) in [6, 6.07) is 12.3. The van der Waals surface area contributed by atoms with Gasteiger partial charge in [0.05, 0.1) is 12.8 Å². The zero-order valence-electron chi connectivity index (χ0n) is 9.10. The predicted octanol–water partition coefficient (Wildman–Crippen LogP) is 3.18. The zero-order valence-corrected chi connectivity index (χ0v) is 9.10. The summed E-state index contributed by atoms with van der Waals surface area (Å²) in [5.41, 5.74) is 2.35. The minimum absolute atomic E-state index is 0.922. The normalized spacial score (nSPS) is 10.3. The van der Waals surface area contributed by atoms with Crippen LogP contribution in [0.1, 0.15) is 6.92 Å². The van der Waals surface area contributed by atoms with Gasteiger partial charge in [-0.2, -0.15) is 0 Å². The molecule has 0 unspecified atom stereocenters. The maximum Gasteiger partial charge on any atom is 0.128 e. The Labute approximate surface area is 90.1 Å². The fraction of sp³-hybridized carbons (Fsp3) is 0.231. The molecule has 0 atom stereocenters. The molecule has 0 aliphatic rings. The van der Waals surface area contributed by atoms with Crippen molar-refractivity contribution in [3.05, 3.63) is 42.6 Å². The third kappa shape index (κ3) is 1.75. The molecule has 1 heterocycles. The SMILES string of the molecule is CCn1cccc1-c1ccccc1OC. The molecule has 2 aromatic rings. The minimum Gasteiger partial charge on any atom is -0.496 e. The second-order valence-corrected chi connectivity index (χ2v) is 3.38. The Morgan fingerprint density at radius 3 is 2.67 bits per heavy atom. The van der Waals surface area contributed by atoms with Crippen molar-refractivity contribution < 1.29 is 4.74 Å². The molecule has 15 heavy (non-hydrogen) atoms. The second-order valence-electron chi connectivity index (χ2n) is 3.38. The van der Waals surface area contributed by atoms with E-state index in [0.717, 1.165) is 17.9 Å². The number of aryl methyl sites for hydroxylation is 1. The number of benzene rings is 1. The van der Waals surface area contributed by atoms with Crippen LogP contribution in [0.5, 0.6) is 5.75 Å². The molecule has 0 aliphatic heterocycles. The monoisotopic (exact) mass is 201 g/mol. The topological polar surface area (TPSA) is 14.2 Å². The van der Waals surface area contributed by atoms with E-state index in [9.17, 15) is 0 Å². The first kappa shape index (κ1) is 9.84. The van der Waals surface area contributed by atoms with Gasteiger partial charge in [-0.25, -0.2) is 0 Å². The molecule has 78 valence electrons. The first-order valence-corrected chi connectivity index (χ1v) is 5.15. The van der Waals surface area contributed by atoms with Crippen LogP contribution >= 0.6 is 0 Å². The van der Waals surface area contributed by atoms with Gasteiger partial charge in [0.15, 0.2) is 0 Å². The van der Waals surface area contributed by atoms with E-state index in [1.807, 2.05) is 18.2 Å². The second kappa shape index (κ2) is 4.22. The predicted molar refractivity (Wildman–Crippen MR) is 62.1 cm³/mol. The maximum atomic E-state index is 5.36. The van der Waals surface area contributed by atoms with E-state index in [-0.39, 0.29) is 0 Å². The Balaban J connectivity index is 2.53. The van der Waals surface area contributed by atoms with Crippen molar-refractivity contribution in [3.63, 3.8) is 0 Å². The molecule has 1 aromatic heterocycles. The van der Waals surface area contributed by atoms with Gasteiger partial charge in [-0.05, 0) is 31.2 Å². The minimum atomic E-state index is 0.922. The summed E-state index contributed by atoms with van der Waals surface area (Å²) in [4.78, 5) is 0. The zero-order chi connectivity index (χ0) is 10.7. The van der Waals surface area contributed by atoms with Crippen LogP contribution in [0.4, 0.5) is 0 Å². The van der Waals surface area contributed by atoms with Crippen molar-refractivity contribution in [2.75, 3.05) is 7.11 Å². The molecule has 2 rings (SSSR count). The van der Waals surface area contributed by atoms with Crippen molar-refractivity contribution in [1.82, 2.24) is 4.57 Å². The van der Waals surface area contributed by atoms with Crippen molar-refractivity contribution in [2.24, 2.45) is 0 Å². The van der Waals surface area contributed by atoms with Crippen molar-refractivity contribution in [1.29, 1.82) is 0 Å². The highest BCUT2D eigenvalue weighted by molar-refractivity contribution is 5.67. The number of hydrogen-bond acceptors (Lipinski definition) is 1. The summed E-state index contributed by atoms with van der Waals surface area (Å²) in [5.74, 6) is 0.922. The Kier molecular flexibility index (Phi) is 2.77. The lowest BCUT2D eigenvalue weighted by atomic mass is 10.1. The van der Waals surface area contributed by atoms with Crippen LogP contribution in [0.25, 0.3) is 11.3 Å². The van der Waals surface area contributed by atoms with E-state index in [0.29, 0.717) is 0 Å². The Morgan fingerprint density at radius 1 is 1.13 bits per heavy atom. The Morgan fingerprint density at radius 2 is 1.93 bits per heavy atom. The number of nitrogens with zero attached hydrogens (tertiary/aromatic N) is 1. The number of rotatable bonds is 3. The quantitative estimate of drug-likeness (QED) is 0.744. The van der Waals surface area contributed by atoms with Gasteiger partial charge in [0, 0.05) is 18.3 Å². The highest BCUT2D eigenvalue weighted by atomic mass is 16.5. The molecule has 2 heteroatoms. The highest BCUT2D eigenvalue weighted by Crippen LogP contribution is 2.29. The molecule has 0 radical (unpaired) electrons. The van der Waals surface area contributed by atoms with E-state index in [4.69, 9.17) is 4.74 Å². The van der Waals surface area contributed by atoms with Crippen molar-refractivity contribution in [2.45, 2.75) is 13.5 Å². The van der Waals surface area contributed by atoms with E-state index in [1.165, 1.54) is 5.69 Å². The Bertz CT molecular complexity index is 445. The summed E-state index contributed by atoms with van der Waals surface area (Å²) in [6.07, 6.45) is 2.09. The van der Waals surface area contributed by atoms with E-state index >= 15 is 0 Å².